The van der Waals surface area contributed by atoms with Gasteiger partial charge in [0, 0.05) is 32.7 Å². The third-order valence-corrected chi connectivity index (χ3v) is 5.50. The number of nitrogens with zero attached hydrogens (tertiary/aromatic N) is 2. The fourth-order valence-corrected chi connectivity index (χ4v) is 3.91. The van der Waals surface area contributed by atoms with E-state index in [1.54, 1.807) is 0 Å². The number of amides is 1. The van der Waals surface area contributed by atoms with E-state index < -0.39 is 0 Å². The highest BCUT2D eigenvalue weighted by molar-refractivity contribution is 5.78. The number of β-amino-alcohol motifs (C(OH)–C–C–N with tert-alkyl or cyclic N) is 1. The van der Waals surface area contributed by atoms with Crippen LogP contribution in [0.1, 0.15) is 42.5 Å². The van der Waals surface area contributed by atoms with Crippen LogP contribution in [-0.2, 0) is 17.6 Å². The van der Waals surface area contributed by atoms with Crippen molar-refractivity contribution in [3.63, 3.8) is 0 Å². The number of carbonyl (C=O) groups excluding carboxylic acids is 1. The average Bonchev–Trinajstić information content (AvgIpc) is 2.63. The lowest BCUT2D eigenvalue weighted by Gasteiger charge is -2.34. The molecule has 0 radical (unpaired) electrons. The molecule has 25 heavy (non-hydrogen) atoms. The van der Waals surface area contributed by atoms with Crippen LogP contribution in [-0.4, -0.2) is 66.7 Å². The van der Waals surface area contributed by atoms with Gasteiger partial charge < -0.3 is 10.4 Å². The van der Waals surface area contributed by atoms with Crippen LogP contribution in [0.25, 0.3) is 0 Å². The van der Waals surface area contributed by atoms with Crippen molar-refractivity contribution >= 4 is 5.91 Å². The predicted molar refractivity (Wildman–Crippen MR) is 99.6 cm³/mol. The molecule has 5 heteroatoms. The van der Waals surface area contributed by atoms with Gasteiger partial charge in [-0.05, 0) is 49.3 Å². The fraction of sp³-hybridized carbons (Fsp3) is 0.650. The van der Waals surface area contributed by atoms with Crippen molar-refractivity contribution in [2.24, 2.45) is 0 Å². The highest BCUT2D eigenvalue weighted by Crippen LogP contribution is 2.24. The van der Waals surface area contributed by atoms with Gasteiger partial charge >= 0.3 is 0 Å². The van der Waals surface area contributed by atoms with Gasteiger partial charge in [0.05, 0.1) is 19.2 Å². The van der Waals surface area contributed by atoms with Crippen molar-refractivity contribution < 1.29 is 9.90 Å². The SMILES string of the molecule is CC(NC(=O)CN1CCN(CCO)CC1)c1ccc2c(c1)CCCC2. The lowest BCUT2D eigenvalue weighted by atomic mass is 9.89. The number of piperazine rings is 1. The van der Waals surface area contributed by atoms with Gasteiger partial charge in [-0.15, -0.1) is 0 Å². The molecule has 1 aliphatic heterocycles. The van der Waals surface area contributed by atoms with Gasteiger partial charge in [-0.3, -0.25) is 14.6 Å². The summed E-state index contributed by atoms with van der Waals surface area (Å²) in [5, 5.41) is 12.1. The zero-order valence-electron chi connectivity index (χ0n) is 15.3. The first-order chi connectivity index (χ1) is 12.2. The largest absolute Gasteiger partial charge is 0.395 e. The number of nitrogens with one attached hydrogen (secondary N) is 1. The number of rotatable bonds is 6. The van der Waals surface area contributed by atoms with E-state index >= 15 is 0 Å². The summed E-state index contributed by atoms with van der Waals surface area (Å²) in [4.78, 5) is 16.8. The van der Waals surface area contributed by atoms with E-state index in [2.05, 4.69) is 40.2 Å². The number of aliphatic hydroxyl groups excluding tert-OH is 1. The molecule has 1 atom stereocenters. The highest BCUT2D eigenvalue weighted by Gasteiger charge is 2.20. The Morgan fingerprint density at radius 3 is 2.52 bits per heavy atom. The molecular formula is C20H31N3O2. The first-order valence-electron chi connectivity index (χ1n) is 9.62. The zero-order valence-corrected chi connectivity index (χ0v) is 15.3. The molecule has 1 saturated heterocycles. The smallest absolute Gasteiger partial charge is 0.234 e. The molecule has 0 bridgehead atoms. The average molecular weight is 345 g/mol. The van der Waals surface area contributed by atoms with Crippen LogP contribution in [0.5, 0.6) is 0 Å². The molecule has 0 aromatic heterocycles. The molecule has 0 spiro atoms. The first-order valence-corrected chi connectivity index (χ1v) is 9.62. The van der Waals surface area contributed by atoms with Gasteiger partial charge in [-0.2, -0.15) is 0 Å². The zero-order chi connectivity index (χ0) is 17.6. The van der Waals surface area contributed by atoms with Crippen molar-refractivity contribution in [1.29, 1.82) is 0 Å². The summed E-state index contributed by atoms with van der Waals surface area (Å²) in [5.41, 5.74) is 4.15. The topological polar surface area (TPSA) is 55.8 Å². The third-order valence-electron chi connectivity index (χ3n) is 5.50. The van der Waals surface area contributed by atoms with E-state index in [4.69, 9.17) is 5.11 Å². The van der Waals surface area contributed by atoms with E-state index in [1.807, 2.05) is 0 Å². The van der Waals surface area contributed by atoms with Crippen molar-refractivity contribution in [2.45, 2.75) is 38.6 Å². The molecule has 1 aliphatic carbocycles. The van der Waals surface area contributed by atoms with Crippen LogP contribution in [0.3, 0.4) is 0 Å². The maximum atomic E-state index is 12.4. The Bertz CT molecular complexity index is 582. The molecular weight excluding hydrogens is 314 g/mol. The Morgan fingerprint density at radius 1 is 1.12 bits per heavy atom. The Kier molecular flexibility index (Phi) is 6.45. The van der Waals surface area contributed by atoms with Gasteiger partial charge in [0.15, 0.2) is 0 Å². The van der Waals surface area contributed by atoms with Gasteiger partial charge in [-0.25, -0.2) is 0 Å². The number of carbonyl (C=O) groups is 1. The second-order valence-electron chi connectivity index (χ2n) is 7.37. The van der Waals surface area contributed by atoms with Gasteiger partial charge in [0.1, 0.15) is 0 Å². The minimum atomic E-state index is 0.0513. The van der Waals surface area contributed by atoms with E-state index in [9.17, 15) is 4.79 Å². The lowest BCUT2D eigenvalue weighted by molar-refractivity contribution is -0.123. The van der Waals surface area contributed by atoms with Gasteiger partial charge in [0.2, 0.25) is 5.91 Å². The third kappa shape index (κ3) is 5.03. The summed E-state index contributed by atoms with van der Waals surface area (Å²) < 4.78 is 0. The number of benzene rings is 1. The van der Waals surface area contributed by atoms with E-state index in [0.29, 0.717) is 6.54 Å². The standard InChI is InChI=1S/C20H31N3O2/c1-16(18-7-6-17-4-2-3-5-19(17)14-18)21-20(25)15-23-10-8-22(9-11-23)12-13-24/h6-7,14,16,24H,2-5,8-13,15H2,1H3,(H,21,25). The van der Waals surface area contributed by atoms with Crippen LogP contribution >= 0.6 is 0 Å². The van der Waals surface area contributed by atoms with Crippen molar-refractivity contribution in [2.75, 3.05) is 45.9 Å². The highest BCUT2D eigenvalue weighted by atomic mass is 16.3. The first kappa shape index (κ1) is 18.4. The number of aryl methyl sites for hydroxylation is 2. The molecule has 3 rings (SSSR count). The Hall–Kier alpha value is -1.43. The molecule has 5 nitrogen and oxygen atoms in total. The predicted octanol–water partition coefficient (Wildman–Crippen LogP) is 1.35. The lowest BCUT2D eigenvalue weighted by Crippen LogP contribution is -2.50. The Morgan fingerprint density at radius 2 is 1.80 bits per heavy atom. The van der Waals surface area contributed by atoms with Crippen LogP contribution in [0.4, 0.5) is 0 Å². The summed E-state index contributed by atoms with van der Waals surface area (Å²) in [6.07, 6.45) is 4.93. The second kappa shape index (κ2) is 8.79. The Balaban J connectivity index is 1.48. The van der Waals surface area contributed by atoms with Gasteiger partial charge in [-0.1, -0.05) is 18.2 Å². The summed E-state index contributed by atoms with van der Waals surface area (Å²) in [5.74, 6) is 0.0980. The molecule has 1 aromatic rings. The maximum Gasteiger partial charge on any atom is 0.234 e. The quantitative estimate of drug-likeness (QED) is 0.817. The Labute approximate surface area is 151 Å². The summed E-state index contributed by atoms with van der Waals surface area (Å²) in [7, 11) is 0. The molecule has 1 heterocycles. The maximum absolute atomic E-state index is 12.4. The van der Waals surface area contributed by atoms with E-state index in [0.717, 1.165) is 32.7 Å². The minimum Gasteiger partial charge on any atom is -0.395 e. The van der Waals surface area contributed by atoms with Crippen LogP contribution in [0.15, 0.2) is 18.2 Å². The number of hydrogen-bond donors (Lipinski definition) is 2. The normalized spacial score (nSPS) is 20.1. The monoisotopic (exact) mass is 345 g/mol. The second-order valence-corrected chi connectivity index (χ2v) is 7.37. The van der Waals surface area contributed by atoms with Crippen LogP contribution in [0, 0.1) is 0 Å². The summed E-state index contributed by atoms with van der Waals surface area (Å²) in [6, 6.07) is 6.75. The fourth-order valence-electron chi connectivity index (χ4n) is 3.91. The molecule has 1 aromatic carbocycles. The molecule has 1 fully saturated rings. The number of hydrogen-bond acceptors (Lipinski definition) is 4. The molecule has 2 aliphatic rings. The molecule has 2 N–H and O–H groups in total. The van der Waals surface area contributed by atoms with E-state index in [-0.39, 0.29) is 18.6 Å². The number of fused-ring (bicyclic) bond motifs is 1. The van der Waals surface area contributed by atoms with Crippen molar-refractivity contribution in [3.05, 3.63) is 34.9 Å². The van der Waals surface area contributed by atoms with Crippen LogP contribution < -0.4 is 5.32 Å². The number of aliphatic hydroxyl groups is 1. The van der Waals surface area contributed by atoms with Crippen LogP contribution in [0.2, 0.25) is 0 Å². The van der Waals surface area contributed by atoms with E-state index in [1.165, 1.54) is 42.4 Å². The van der Waals surface area contributed by atoms with Crippen molar-refractivity contribution in [3.8, 4) is 0 Å². The molecule has 1 amide bonds. The molecule has 138 valence electrons. The molecule has 0 saturated carbocycles. The summed E-state index contributed by atoms with van der Waals surface area (Å²) >= 11 is 0. The summed E-state index contributed by atoms with van der Waals surface area (Å²) in [6.45, 7) is 7.10. The minimum absolute atomic E-state index is 0.0513. The van der Waals surface area contributed by atoms with Crippen molar-refractivity contribution in [1.82, 2.24) is 15.1 Å². The van der Waals surface area contributed by atoms with Gasteiger partial charge in [0.25, 0.3) is 0 Å². The molecule has 1 unspecified atom stereocenters.